The highest BCUT2D eigenvalue weighted by Gasteiger charge is 2.50. The van der Waals surface area contributed by atoms with Crippen LogP contribution in [-0.4, -0.2) is 88.7 Å². The highest BCUT2D eigenvalue weighted by molar-refractivity contribution is 7.47. The number of alkyl carbamates (subject to hydrolysis) is 1. The first-order valence-electron chi connectivity index (χ1n) is 18.4. The van der Waals surface area contributed by atoms with Gasteiger partial charge in [0.1, 0.15) is 24.4 Å². The lowest BCUT2D eigenvalue weighted by atomic mass is 9.92. The molecule has 58 heavy (non-hydrogen) atoms. The van der Waals surface area contributed by atoms with Crippen molar-refractivity contribution in [3.63, 3.8) is 0 Å². The Morgan fingerprint density at radius 2 is 1.62 bits per heavy atom. The van der Waals surface area contributed by atoms with Gasteiger partial charge in [-0.1, -0.05) is 54.7 Å². The number of rotatable bonds is 19. The largest absolute Gasteiger partial charge is 0.472 e. The number of aromatic nitrogens is 2. The van der Waals surface area contributed by atoms with E-state index in [4.69, 9.17) is 18.5 Å². The number of phosphoric acid groups is 2. The SMILES string of the molecule is COP(=O)(O)OC[C@H]1O[C@@H](n2cc(CCCNC(=O)CCCCCNC(=O)OC3Cc4ccccc4C#Cc4ccccc43)c(=O)[nH]c2=O)C(O)[C@H]1OP(=O)(O)OC. The van der Waals surface area contributed by atoms with E-state index in [2.05, 4.69) is 36.5 Å². The molecule has 3 aromatic rings. The number of carbonyl (C=O) groups is 2. The Morgan fingerprint density at radius 3 is 2.38 bits per heavy atom. The van der Waals surface area contributed by atoms with Crippen LogP contribution < -0.4 is 21.9 Å². The van der Waals surface area contributed by atoms with Gasteiger partial charge >= 0.3 is 27.4 Å². The molecular formula is C37H46N4O15P2. The van der Waals surface area contributed by atoms with E-state index in [1.807, 2.05) is 48.5 Å². The number of ether oxygens (including phenoxy) is 2. The van der Waals surface area contributed by atoms with Gasteiger partial charge in [-0.15, -0.1) is 0 Å². The Hall–Kier alpha value is -4.44. The number of carbonyl (C=O) groups excluding carboxylic acids is 2. The number of benzene rings is 2. The van der Waals surface area contributed by atoms with Crippen molar-refractivity contribution in [2.45, 2.75) is 75.6 Å². The molecule has 0 bridgehead atoms. The molecule has 0 radical (unpaired) electrons. The van der Waals surface area contributed by atoms with Gasteiger partial charge in [0.2, 0.25) is 5.91 Å². The van der Waals surface area contributed by atoms with Crippen molar-refractivity contribution in [3.05, 3.63) is 103 Å². The van der Waals surface area contributed by atoms with Crippen molar-refractivity contribution in [3.8, 4) is 11.8 Å². The molecule has 6 N–H and O–H groups in total. The van der Waals surface area contributed by atoms with E-state index in [-0.39, 0.29) is 30.9 Å². The van der Waals surface area contributed by atoms with Crippen LogP contribution in [0.25, 0.3) is 0 Å². The maximum atomic E-state index is 12.8. The second-order valence-corrected chi connectivity index (χ2v) is 16.4. The number of H-pyrrole nitrogens is 1. The van der Waals surface area contributed by atoms with Gasteiger partial charge < -0.3 is 35.0 Å². The Labute approximate surface area is 333 Å². The number of fused-ring (bicyclic) bond motifs is 2. The van der Waals surface area contributed by atoms with Crippen LogP contribution >= 0.6 is 15.6 Å². The van der Waals surface area contributed by atoms with Crippen LogP contribution in [0.4, 0.5) is 4.79 Å². The molecule has 2 amide bonds. The molecule has 0 spiro atoms. The van der Waals surface area contributed by atoms with Crippen molar-refractivity contribution in [2.75, 3.05) is 33.9 Å². The number of unbranched alkanes of at least 4 members (excludes halogenated alkanes) is 2. The molecule has 5 rings (SSSR count). The number of aromatic amines is 1. The van der Waals surface area contributed by atoms with Crippen LogP contribution in [0, 0.1) is 11.8 Å². The van der Waals surface area contributed by atoms with E-state index >= 15 is 0 Å². The molecule has 314 valence electrons. The first kappa shape index (κ1) is 44.7. The molecule has 4 unspecified atom stereocenters. The summed E-state index contributed by atoms with van der Waals surface area (Å²) in [5.41, 5.74) is 1.91. The smallest absolute Gasteiger partial charge is 0.441 e. The van der Waals surface area contributed by atoms with E-state index in [0.29, 0.717) is 38.6 Å². The van der Waals surface area contributed by atoms with Gasteiger partial charge in [0.15, 0.2) is 6.23 Å². The van der Waals surface area contributed by atoms with Gasteiger partial charge in [-0.05, 0) is 43.4 Å². The first-order chi connectivity index (χ1) is 27.7. The molecule has 1 fully saturated rings. The number of phosphoric ester groups is 2. The topological polar surface area (TPSA) is 263 Å². The van der Waals surface area contributed by atoms with Crippen molar-refractivity contribution in [2.24, 2.45) is 0 Å². The summed E-state index contributed by atoms with van der Waals surface area (Å²) in [5, 5.41) is 16.5. The lowest BCUT2D eigenvalue weighted by Crippen LogP contribution is -2.39. The van der Waals surface area contributed by atoms with E-state index in [1.54, 1.807) is 0 Å². The third-order valence-electron chi connectivity index (χ3n) is 9.35. The molecule has 2 aliphatic rings. The lowest BCUT2D eigenvalue weighted by molar-refractivity contribution is -0.121. The summed E-state index contributed by atoms with van der Waals surface area (Å²) in [6.45, 7) is -0.212. The van der Waals surface area contributed by atoms with Crippen molar-refractivity contribution in [1.29, 1.82) is 0 Å². The van der Waals surface area contributed by atoms with Crippen molar-refractivity contribution >= 4 is 27.6 Å². The summed E-state index contributed by atoms with van der Waals surface area (Å²) in [6.07, 6.45) is -3.56. The zero-order valence-electron chi connectivity index (χ0n) is 31.7. The van der Waals surface area contributed by atoms with Crippen LogP contribution in [0.1, 0.15) is 72.3 Å². The predicted octanol–water partition coefficient (Wildman–Crippen LogP) is 2.72. The highest BCUT2D eigenvalue weighted by Crippen LogP contribution is 2.49. The molecule has 7 atom stereocenters. The minimum Gasteiger partial charge on any atom is -0.441 e. The molecule has 1 aromatic heterocycles. The van der Waals surface area contributed by atoms with Gasteiger partial charge in [0.25, 0.3) is 5.56 Å². The van der Waals surface area contributed by atoms with Crippen LogP contribution in [0.2, 0.25) is 0 Å². The van der Waals surface area contributed by atoms with E-state index in [9.17, 15) is 43.2 Å². The van der Waals surface area contributed by atoms with Crippen LogP contribution in [0.5, 0.6) is 0 Å². The second kappa shape index (κ2) is 20.5. The number of aliphatic hydroxyl groups is 1. The number of nitrogens with zero attached hydrogens (tertiary/aromatic N) is 1. The molecule has 0 saturated carbocycles. The van der Waals surface area contributed by atoms with Gasteiger partial charge in [-0.25, -0.2) is 18.7 Å². The molecule has 1 saturated heterocycles. The normalized spacial score (nSPS) is 21.8. The van der Waals surface area contributed by atoms with E-state index in [0.717, 1.165) is 47.2 Å². The van der Waals surface area contributed by atoms with Crippen LogP contribution in [0.15, 0.2) is 64.3 Å². The summed E-state index contributed by atoms with van der Waals surface area (Å²) < 4.78 is 54.9. The zero-order chi connectivity index (χ0) is 41.9. The Balaban J connectivity index is 1.04. The summed E-state index contributed by atoms with van der Waals surface area (Å²) in [7, 11) is -7.52. The highest BCUT2D eigenvalue weighted by atomic mass is 31.2. The molecule has 19 nitrogen and oxygen atoms in total. The Kier molecular flexibility index (Phi) is 15.8. The number of amides is 2. The molecule has 2 aromatic carbocycles. The third kappa shape index (κ3) is 12.3. The average molecular weight is 849 g/mol. The van der Waals surface area contributed by atoms with Crippen LogP contribution in [0.3, 0.4) is 0 Å². The summed E-state index contributed by atoms with van der Waals surface area (Å²) in [5.74, 6) is 6.18. The number of hydrogen-bond donors (Lipinski definition) is 6. The molecular weight excluding hydrogens is 802 g/mol. The minimum atomic E-state index is -4.74. The number of nitrogens with one attached hydrogen (secondary N) is 3. The maximum absolute atomic E-state index is 12.8. The van der Waals surface area contributed by atoms with Gasteiger partial charge in [0.05, 0.1) is 6.61 Å². The van der Waals surface area contributed by atoms with Crippen molar-refractivity contribution in [1.82, 2.24) is 20.2 Å². The molecule has 21 heteroatoms. The van der Waals surface area contributed by atoms with Crippen molar-refractivity contribution < 1.29 is 61.2 Å². The quantitative estimate of drug-likeness (QED) is 0.0576. The standard InChI is InChI=1S/C37H46N4O15P2/c1-51-57(47,48)53-23-30-33(56-58(49,50)52-2)32(43)35(54-30)41-22-27(34(44)40-36(41)45)14-10-20-38-31(42)16-4-3-9-19-39-37(46)55-29-21-26-13-6-5-11-24(26)17-18-25-12-7-8-15-28(25)29/h5-8,11-13,15,22,29-30,32-33,35,43H,3-4,9-10,14,16,19-21,23H2,1-2H3,(H,38,42)(H,39,46)(H,47,48)(H,49,50)(H,40,44,45)/t29?,30-,32?,33+,35-/m1/s1. The first-order valence-corrected chi connectivity index (χ1v) is 21.4. The summed E-state index contributed by atoms with van der Waals surface area (Å²) in [4.78, 5) is 72.2. The average Bonchev–Trinajstić information content (AvgIpc) is 3.49. The minimum absolute atomic E-state index is 0.0917. The zero-order valence-corrected chi connectivity index (χ0v) is 33.5. The summed E-state index contributed by atoms with van der Waals surface area (Å²) >= 11 is 0. The van der Waals surface area contributed by atoms with E-state index in [1.165, 1.54) is 0 Å². The summed E-state index contributed by atoms with van der Waals surface area (Å²) in [6, 6.07) is 15.4. The Morgan fingerprint density at radius 1 is 0.931 bits per heavy atom. The molecule has 2 heterocycles. The predicted molar refractivity (Wildman–Crippen MR) is 205 cm³/mol. The fourth-order valence-electron chi connectivity index (χ4n) is 6.33. The lowest BCUT2D eigenvalue weighted by Gasteiger charge is -2.22. The Bertz CT molecular complexity index is 2200. The third-order valence-corrected chi connectivity index (χ3v) is 11.3. The number of aryl methyl sites for hydroxylation is 1. The van der Waals surface area contributed by atoms with Crippen LogP contribution in [-0.2, 0) is 54.3 Å². The van der Waals surface area contributed by atoms with E-state index < -0.39 is 70.2 Å². The fraction of sp³-hybridized carbons (Fsp3) is 0.459. The monoisotopic (exact) mass is 848 g/mol. The maximum Gasteiger partial charge on any atom is 0.472 e. The molecule has 1 aliphatic carbocycles. The number of hydrogen-bond acceptors (Lipinski definition) is 13. The second-order valence-electron chi connectivity index (χ2n) is 13.3. The van der Waals surface area contributed by atoms with Gasteiger partial charge in [0, 0.05) is 68.6 Å². The van der Waals surface area contributed by atoms with Gasteiger partial charge in [-0.2, -0.15) is 0 Å². The molecule has 1 aliphatic heterocycles. The van der Waals surface area contributed by atoms with Gasteiger partial charge in [-0.3, -0.25) is 37.2 Å². The fourth-order valence-corrected chi connectivity index (χ4v) is 7.43. The number of aliphatic hydroxyl groups excluding tert-OH is 1.